The van der Waals surface area contributed by atoms with Gasteiger partial charge in [0.15, 0.2) is 0 Å². The summed E-state index contributed by atoms with van der Waals surface area (Å²) in [6.07, 6.45) is 0.809. The van der Waals surface area contributed by atoms with Gasteiger partial charge in [0.2, 0.25) is 11.8 Å². The van der Waals surface area contributed by atoms with Gasteiger partial charge >= 0.3 is 0 Å². The van der Waals surface area contributed by atoms with E-state index in [-0.39, 0.29) is 35.4 Å². The van der Waals surface area contributed by atoms with E-state index in [0.717, 1.165) is 39.6 Å². The number of ether oxygens (including phenoxy) is 1. The average molecular weight is 547 g/mol. The van der Waals surface area contributed by atoms with Crippen molar-refractivity contribution < 1.29 is 14.3 Å². The van der Waals surface area contributed by atoms with Crippen LogP contribution in [0.1, 0.15) is 36.0 Å². The highest BCUT2D eigenvalue weighted by Gasteiger charge is 2.38. The van der Waals surface area contributed by atoms with Crippen LogP contribution in [0.15, 0.2) is 72.1 Å². The standard InChI is InChI=1S/C29H30N4O3S2/c1-4-19(2)30-24(34)17-32-25(35)18-38-28(23-11-8-16-37-23)26-27(20-9-6-5-7-10-20)31-33(29(26)32)21-12-14-22(36-3)15-13-21/h5-16,19,28H,4,17-18H2,1-3H3,(H,30,34)/t19-,28+/m1/s1. The number of thiophene rings is 1. The summed E-state index contributed by atoms with van der Waals surface area (Å²) in [4.78, 5) is 29.5. The SMILES string of the molecule is CC[C@@H](C)NC(=O)CN1C(=O)CS[C@@H](c2cccs2)c2c(-c3ccccc3)nn(-c3ccc(OC)cc3)c21. The van der Waals surface area contributed by atoms with Crippen molar-refractivity contribution >= 4 is 40.7 Å². The molecule has 0 bridgehead atoms. The quantitative estimate of drug-likeness (QED) is 0.307. The molecule has 0 unspecified atom stereocenters. The molecule has 7 nitrogen and oxygen atoms in total. The molecule has 0 saturated carbocycles. The number of hydrogen-bond acceptors (Lipinski definition) is 6. The van der Waals surface area contributed by atoms with Gasteiger partial charge in [-0.05, 0) is 49.1 Å². The number of thioether (sulfide) groups is 1. The Kier molecular flexibility index (Phi) is 7.85. The minimum absolute atomic E-state index is 0.0173. The summed E-state index contributed by atoms with van der Waals surface area (Å²) in [7, 11) is 1.63. The molecule has 1 N–H and O–H groups in total. The second-order valence-electron chi connectivity index (χ2n) is 9.12. The normalized spacial score (nSPS) is 16.0. The number of methoxy groups -OCH3 is 1. The third-order valence-electron chi connectivity index (χ3n) is 6.58. The molecule has 2 aromatic heterocycles. The Morgan fingerprint density at radius 2 is 1.89 bits per heavy atom. The maximum Gasteiger partial charge on any atom is 0.240 e. The second-order valence-corrected chi connectivity index (χ2v) is 11.2. The molecule has 1 aliphatic heterocycles. The highest BCUT2D eigenvalue weighted by Crippen LogP contribution is 2.49. The van der Waals surface area contributed by atoms with Gasteiger partial charge in [-0.3, -0.25) is 14.5 Å². The molecule has 1 aliphatic rings. The number of nitrogens with one attached hydrogen (secondary N) is 1. The molecule has 5 rings (SSSR count). The minimum atomic E-state index is -0.193. The van der Waals surface area contributed by atoms with Crippen LogP contribution in [0.25, 0.3) is 16.9 Å². The van der Waals surface area contributed by atoms with Crippen LogP contribution >= 0.6 is 23.1 Å². The first-order valence-corrected chi connectivity index (χ1v) is 14.5. The first-order chi connectivity index (χ1) is 18.5. The Morgan fingerprint density at radius 3 is 2.55 bits per heavy atom. The number of hydrogen-bond donors (Lipinski definition) is 1. The third kappa shape index (κ3) is 5.21. The zero-order valence-corrected chi connectivity index (χ0v) is 23.2. The van der Waals surface area contributed by atoms with E-state index in [1.807, 2.05) is 74.5 Å². The predicted octanol–water partition coefficient (Wildman–Crippen LogP) is 5.69. The molecule has 0 aliphatic carbocycles. The van der Waals surface area contributed by atoms with Gasteiger partial charge in [0.25, 0.3) is 0 Å². The highest BCUT2D eigenvalue weighted by atomic mass is 32.2. The fourth-order valence-electron chi connectivity index (χ4n) is 4.46. The van der Waals surface area contributed by atoms with Gasteiger partial charge < -0.3 is 10.1 Å². The fourth-order valence-corrected chi connectivity index (χ4v) is 6.64. The molecule has 0 fully saturated rings. The number of carbonyl (C=O) groups excluding carboxylic acids is 2. The Balaban J connectivity index is 1.75. The number of amides is 2. The smallest absolute Gasteiger partial charge is 0.240 e. The summed E-state index contributed by atoms with van der Waals surface area (Å²) in [5, 5.41) is 10.1. The number of benzene rings is 2. The van der Waals surface area contributed by atoms with Crippen LogP contribution in [0.4, 0.5) is 5.82 Å². The number of aromatic nitrogens is 2. The molecule has 4 aromatic rings. The van der Waals surface area contributed by atoms with E-state index in [9.17, 15) is 9.59 Å². The number of rotatable bonds is 8. The van der Waals surface area contributed by atoms with Gasteiger partial charge in [0, 0.05) is 22.0 Å². The van der Waals surface area contributed by atoms with Crippen molar-refractivity contribution in [2.45, 2.75) is 31.6 Å². The van der Waals surface area contributed by atoms with Gasteiger partial charge in [-0.1, -0.05) is 43.3 Å². The van der Waals surface area contributed by atoms with E-state index in [1.165, 1.54) is 0 Å². The summed E-state index contributed by atoms with van der Waals surface area (Å²) in [6, 6.07) is 21.7. The summed E-state index contributed by atoms with van der Waals surface area (Å²) in [6.45, 7) is 3.91. The first-order valence-electron chi connectivity index (χ1n) is 12.6. The lowest BCUT2D eigenvalue weighted by Gasteiger charge is -2.24. The van der Waals surface area contributed by atoms with Crippen LogP contribution < -0.4 is 15.0 Å². The van der Waals surface area contributed by atoms with E-state index in [1.54, 1.807) is 39.8 Å². The van der Waals surface area contributed by atoms with Crippen LogP contribution in [0.2, 0.25) is 0 Å². The molecular weight excluding hydrogens is 516 g/mol. The first kappa shape index (κ1) is 26.1. The van der Waals surface area contributed by atoms with Crippen LogP contribution in [0, 0.1) is 0 Å². The van der Waals surface area contributed by atoms with E-state index < -0.39 is 0 Å². The van der Waals surface area contributed by atoms with Crippen molar-refractivity contribution in [1.29, 1.82) is 0 Å². The Morgan fingerprint density at radius 1 is 1.13 bits per heavy atom. The number of anilines is 1. The Hall–Kier alpha value is -3.56. The predicted molar refractivity (Wildman–Crippen MR) is 154 cm³/mol. The number of nitrogens with zero attached hydrogens (tertiary/aromatic N) is 3. The molecule has 9 heteroatoms. The van der Waals surface area contributed by atoms with E-state index in [4.69, 9.17) is 9.84 Å². The van der Waals surface area contributed by atoms with Crippen molar-refractivity contribution in [2.75, 3.05) is 24.3 Å². The van der Waals surface area contributed by atoms with Crippen molar-refractivity contribution in [2.24, 2.45) is 0 Å². The molecule has 3 heterocycles. The monoisotopic (exact) mass is 546 g/mol. The van der Waals surface area contributed by atoms with Crippen molar-refractivity contribution in [1.82, 2.24) is 15.1 Å². The van der Waals surface area contributed by atoms with Gasteiger partial charge in [0.1, 0.15) is 18.1 Å². The third-order valence-corrected chi connectivity index (χ3v) is 8.90. The van der Waals surface area contributed by atoms with E-state index >= 15 is 0 Å². The molecular formula is C29H30N4O3S2. The van der Waals surface area contributed by atoms with Crippen LogP contribution in [-0.4, -0.2) is 47.0 Å². The number of fused-ring (bicyclic) bond motifs is 1. The van der Waals surface area contributed by atoms with Gasteiger partial charge in [-0.25, -0.2) is 4.68 Å². The van der Waals surface area contributed by atoms with Crippen molar-refractivity contribution in [3.05, 3.63) is 82.6 Å². The van der Waals surface area contributed by atoms with Gasteiger partial charge in [0.05, 0.1) is 29.5 Å². The van der Waals surface area contributed by atoms with Crippen LogP contribution in [-0.2, 0) is 9.59 Å². The Bertz CT molecular complexity index is 1400. The summed E-state index contributed by atoms with van der Waals surface area (Å²) in [5.41, 5.74) is 3.46. The lowest BCUT2D eigenvalue weighted by atomic mass is 10.0. The molecule has 2 amide bonds. The maximum absolute atomic E-state index is 13.7. The van der Waals surface area contributed by atoms with Gasteiger partial charge in [-0.15, -0.1) is 23.1 Å². The lowest BCUT2D eigenvalue weighted by molar-refractivity contribution is -0.123. The minimum Gasteiger partial charge on any atom is -0.497 e. The molecule has 2 aromatic carbocycles. The molecule has 2 atom stereocenters. The molecule has 0 saturated heterocycles. The molecule has 196 valence electrons. The van der Waals surface area contributed by atoms with Crippen molar-refractivity contribution in [3.63, 3.8) is 0 Å². The largest absolute Gasteiger partial charge is 0.497 e. The fraction of sp³-hybridized carbons (Fsp3) is 0.276. The molecule has 0 spiro atoms. The van der Waals surface area contributed by atoms with Crippen LogP contribution in [0.5, 0.6) is 5.75 Å². The van der Waals surface area contributed by atoms with Crippen LogP contribution in [0.3, 0.4) is 0 Å². The number of carbonyl (C=O) groups is 2. The average Bonchev–Trinajstić information content (AvgIpc) is 3.59. The maximum atomic E-state index is 13.7. The lowest BCUT2D eigenvalue weighted by Crippen LogP contribution is -2.44. The molecule has 38 heavy (non-hydrogen) atoms. The van der Waals surface area contributed by atoms with E-state index in [0.29, 0.717) is 5.82 Å². The summed E-state index contributed by atoms with van der Waals surface area (Å²) in [5.74, 6) is 1.29. The summed E-state index contributed by atoms with van der Waals surface area (Å²) < 4.78 is 7.17. The highest BCUT2D eigenvalue weighted by molar-refractivity contribution is 8.00. The zero-order chi connectivity index (χ0) is 26.6. The van der Waals surface area contributed by atoms with E-state index in [2.05, 4.69) is 16.8 Å². The Labute approximate surface area is 230 Å². The topological polar surface area (TPSA) is 76.5 Å². The zero-order valence-electron chi connectivity index (χ0n) is 21.6. The summed E-state index contributed by atoms with van der Waals surface area (Å²) >= 11 is 3.24. The molecule has 0 radical (unpaired) electrons. The van der Waals surface area contributed by atoms with Crippen molar-refractivity contribution in [3.8, 4) is 22.7 Å². The van der Waals surface area contributed by atoms with Gasteiger partial charge in [-0.2, -0.15) is 5.10 Å². The second kappa shape index (κ2) is 11.4.